The van der Waals surface area contributed by atoms with Crippen molar-refractivity contribution in [3.05, 3.63) is 47.9 Å². The van der Waals surface area contributed by atoms with Crippen LogP contribution in [0.25, 0.3) is 0 Å². The number of carbonyl (C=O) groups excluding carboxylic acids is 1. The van der Waals surface area contributed by atoms with Gasteiger partial charge in [0.25, 0.3) is 5.91 Å². The number of piperidine rings is 1. The molecule has 2 heterocycles. The van der Waals surface area contributed by atoms with Gasteiger partial charge in [-0.15, -0.1) is 0 Å². The summed E-state index contributed by atoms with van der Waals surface area (Å²) in [7, 11) is 0. The van der Waals surface area contributed by atoms with Gasteiger partial charge in [0.2, 0.25) is 0 Å². The van der Waals surface area contributed by atoms with E-state index in [1.807, 2.05) is 37.3 Å². The van der Waals surface area contributed by atoms with E-state index in [1.54, 1.807) is 6.07 Å². The van der Waals surface area contributed by atoms with Gasteiger partial charge in [-0.25, -0.2) is 0 Å². The second-order valence-electron chi connectivity index (χ2n) is 6.01. The van der Waals surface area contributed by atoms with E-state index in [-0.39, 0.29) is 5.91 Å². The van der Waals surface area contributed by atoms with Gasteiger partial charge in [0.05, 0.1) is 13.2 Å². The molecule has 128 valence electrons. The molecule has 0 unspecified atom stereocenters. The molecule has 1 saturated heterocycles. The van der Waals surface area contributed by atoms with Crippen LogP contribution < -0.4 is 10.1 Å². The third-order valence-electron chi connectivity index (χ3n) is 4.14. The molecule has 0 atom stereocenters. The summed E-state index contributed by atoms with van der Waals surface area (Å²) in [5, 5.41) is 2.84. The van der Waals surface area contributed by atoms with Crippen LogP contribution in [0.5, 0.6) is 5.75 Å². The van der Waals surface area contributed by atoms with Crippen LogP contribution in [-0.2, 0) is 6.54 Å². The molecule has 24 heavy (non-hydrogen) atoms. The van der Waals surface area contributed by atoms with Gasteiger partial charge in [-0.1, -0.05) is 6.42 Å². The highest BCUT2D eigenvalue weighted by Crippen LogP contribution is 2.18. The van der Waals surface area contributed by atoms with Gasteiger partial charge >= 0.3 is 0 Å². The normalized spacial score (nSPS) is 15.2. The molecule has 0 aliphatic carbocycles. The minimum absolute atomic E-state index is 0.232. The predicted octanol–water partition coefficient (Wildman–Crippen LogP) is 3.92. The summed E-state index contributed by atoms with van der Waals surface area (Å²) in [5.74, 6) is 1.74. The molecule has 5 heteroatoms. The standard InChI is InChI=1S/C19H24N2O3/c1-2-23-16-8-6-15(7-9-16)20-19(22)18-11-10-17(24-18)14-21-12-4-3-5-13-21/h6-11H,2-5,12-14H2,1H3,(H,20,22). The first-order chi connectivity index (χ1) is 11.7. The van der Waals surface area contributed by atoms with Crippen LogP contribution in [0.3, 0.4) is 0 Å². The highest BCUT2D eigenvalue weighted by Gasteiger charge is 2.15. The van der Waals surface area contributed by atoms with Gasteiger partial charge in [0, 0.05) is 5.69 Å². The lowest BCUT2D eigenvalue weighted by Gasteiger charge is -2.25. The number of rotatable bonds is 6. The average Bonchev–Trinajstić information content (AvgIpc) is 3.06. The van der Waals surface area contributed by atoms with Crippen LogP contribution in [0, 0.1) is 0 Å². The second kappa shape index (κ2) is 8.02. The van der Waals surface area contributed by atoms with E-state index in [4.69, 9.17) is 9.15 Å². The van der Waals surface area contributed by atoms with Crippen LogP contribution in [0.15, 0.2) is 40.8 Å². The van der Waals surface area contributed by atoms with Crippen molar-refractivity contribution in [2.24, 2.45) is 0 Å². The Hall–Kier alpha value is -2.27. The zero-order valence-electron chi connectivity index (χ0n) is 14.1. The smallest absolute Gasteiger partial charge is 0.291 e. The Kier molecular flexibility index (Phi) is 5.54. The SMILES string of the molecule is CCOc1ccc(NC(=O)c2ccc(CN3CCCCC3)o2)cc1. The van der Waals surface area contributed by atoms with E-state index >= 15 is 0 Å². The van der Waals surface area contributed by atoms with E-state index in [1.165, 1.54) is 19.3 Å². The number of hydrogen-bond donors (Lipinski definition) is 1. The zero-order valence-corrected chi connectivity index (χ0v) is 14.1. The molecule has 0 bridgehead atoms. The van der Waals surface area contributed by atoms with E-state index in [2.05, 4.69) is 10.2 Å². The maximum Gasteiger partial charge on any atom is 0.291 e. The number of furan rings is 1. The molecule has 1 aliphatic heterocycles. The minimum Gasteiger partial charge on any atom is -0.494 e. The first-order valence-electron chi connectivity index (χ1n) is 8.60. The molecule has 1 amide bonds. The summed E-state index contributed by atoms with van der Waals surface area (Å²) in [5.41, 5.74) is 0.720. The topological polar surface area (TPSA) is 54.7 Å². The highest BCUT2D eigenvalue weighted by atomic mass is 16.5. The molecule has 1 aromatic carbocycles. The van der Waals surface area contributed by atoms with Crippen LogP contribution in [0.2, 0.25) is 0 Å². The van der Waals surface area contributed by atoms with Gasteiger partial charge in [-0.2, -0.15) is 0 Å². The number of nitrogens with zero attached hydrogens (tertiary/aromatic N) is 1. The lowest BCUT2D eigenvalue weighted by atomic mass is 10.1. The predicted molar refractivity (Wildman–Crippen MR) is 93.4 cm³/mol. The number of hydrogen-bond acceptors (Lipinski definition) is 4. The van der Waals surface area contributed by atoms with Crippen molar-refractivity contribution >= 4 is 11.6 Å². The Balaban J connectivity index is 1.56. The Bertz CT molecular complexity index is 658. The van der Waals surface area contributed by atoms with E-state index in [9.17, 15) is 4.79 Å². The van der Waals surface area contributed by atoms with Crippen molar-refractivity contribution in [3.8, 4) is 5.75 Å². The van der Waals surface area contributed by atoms with Crippen molar-refractivity contribution in [1.82, 2.24) is 4.90 Å². The largest absolute Gasteiger partial charge is 0.494 e. The van der Waals surface area contributed by atoms with E-state index in [0.29, 0.717) is 12.4 Å². The number of ether oxygens (including phenoxy) is 1. The lowest BCUT2D eigenvalue weighted by Crippen LogP contribution is -2.28. The summed E-state index contributed by atoms with van der Waals surface area (Å²) in [4.78, 5) is 14.7. The van der Waals surface area contributed by atoms with Gasteiger partial charge in [0.1, 0.15) is 11.5 Å². The Morgan fingerprint density at radius 2 is 1.88 bits per heavy atom. The fourth-order valence-electron chi connectivity index (χ4n) is 2.92. The molecule has 1 N–H and O–H groups in total. The number of benzene rings is 1. The third kappa shape index (κ3) is 4.38. The van der Waals surface area contributed by atoms with Gasteiger partial charge in [-0.05, 0) is 69.3 Å². The first kappa shape index (κ1) is 16.6. The number of likely N-dealkylation sites (tertiary alicyclic amines) is 1. The van der Waals surface area contributed by atoms with Crippen LogP contribution >= 0.6 is 0 Å². The van der Waals surface area contributed by atoms with Crippen molar-refractivity contribution in [1.29, 1.82) is 0 Å². The van der Waals surface area contributed by atoms with E-state index < -0.39 is 0 Å². The van der Waals surface area contributed by atoms with E-state index in [0.717, 1.165) is 36.8 Å². The number of nitrogens with one attached hydrogen (secondary N) is 1. The second-order valence-corrected chi connectivity index (χ2v) is 6.01. The lowest BCUT2D eigenvalue weighted by molar-refractivity contribution is 0.0992. The van der Waals surface area contributed by atoms with Crippen LogP contribution in [-0.4, -0.2) is 30.5 Å². The first-order valence-corrected chi connectivity index (χ1v) is 8.60. The zero-order chi connectivity index (χ0) is 16.8. The quantitative estimate of drug-likeness (QED) is 0.873. The molecule has 1 aliphatic rings. The van der Waals surface area contributed by atoms with Crippen molar-refractivity contribution < 1.29 is 13.9 Å². The molecule has 2 aromatic rings. The van der Waals surface area contributed by atoms with Crippen LogP contribution in [0.1, 0.15) is 42.5 Å². The average molecular weight is 328 g/mol. The summed E-state index contributed by atoms with van der Waals surface area (Å²) in [6.07, 6.45) is 3.79. The fraction of sp³-hybridized carbons (Fsp3) is 0.421. The molecule has 3 rings (SSSR count). The summed E-state index contributed by atoms with van der Waals surface area (Å²) >= 11 is 0. The highest BCUT2D eigenvalue weighted by molar-refractivity contribution is 6.02. The molecule has 5 nitrogen and oxygen atoms in total. The monoisotopic (exact) mass is 328 g/mol. The number of amides is 1. The number of carbonyl (C=O) groups is 1. The molecular weight excluding hydrogens is 304 g/mol. The maximum atomic E-state index is 12.3. The molecular formula is C19H24N2O3. The maximum absolute atomic E-state index is 12.3. The van der Waals surface area contributed by atoms with Gasteiger partial charge < -0.3 is 14.5 Å². The van der Waals surface area contributed by atoms with Crippen LogP contribution in [0.4, 0.5) is 5.69 Å². The third-order valence-corrected chi connectivity index (χ3v) is 4.14. The van der Waals surface area contributed by atoms with Crippen molar-refractivity contribution in [3.63, 3.8) is 0 Å². The molecule has 1 aromatic heterocycles. The van der Waals surface area contributed by atoms with Gasteiger partial charge in [-0.3, -0.25) is 9.69 Å². The fourth-order valence-corrected chi connectivity index (χ4v) is 2.92. The summed E-state index contributed by atoms with van der Waals surface area (Å²) in [6.45, 7) is 5.55. The Morgan fingerprint density at radius 3 is 2.58 bits per heavy atom. The van der Waals surface area contributed by atoms with Gasteiger partial charge in [0.15, 0.2) is 5.76 Å². The molecule has 0 spiro atoms. The van der Waals surface area contributed by atoms with Crippen molar-refractivity contribution in [2.45, 2.75) is 32.7 Å². The molecule has 0 radical (unpaired) electrons. The Labute approximate surface area is 142 Å². The molecule has 0 saturated carbocycles. The van der Waals surface area contributed by atoms with Crippen molar-refractivity contribution in [2.75, 3.05) is 25.0 Å². The number of anilines is 1. The minimum atomic E-state index is -0.232. The Morgan fingerprint density at radius 1 is 1.12 bits per heavy atom. The summed E-state index contributed by atoms with van der Waals surface area (Å²) in [6, 6.07) is 10.9. The molecule has 1 fully saturated rings. The summed E-state index contributed by atoms with van der Waals surface area (Å²) < 4.78 is 11.1.